The molecule has 0 saturated carbocycles. The van der Waals surface area contributed by atoms with Crippen LogP contribution in [0.15, 0.2) is 54.6 Å². The van der Waals surface area contributed by atoms with Crippen LogP contribution in [0.1, 0.15) is 48.1 Å². The van der Waals surface area contributed by atoms with Crippen LogP contribution >= 0.6 is 0 Å². The molecule has 6 heteroatoms. The number of amides is 1. The van der Waals surface area contributed by atoms with E-state index in [1.54, 1.807) is 0 Å². The number of hydrazine groups is 1. The third-order valence-electron chi connectivity index (χ3n) is 6.66. The number of carbonyl (C=O) groups excluding carboxylic acids is 1. The van der Waals surface area contributed by atoms with Crippen molar-refractivity contribution in [2.75, 3.05) is 38.1 Å². The lowest BCUT2D eigenvalue weighted by atomic mass is 10.0. The van der Waals surface area contributed by atoms with Gasteiger partial charge in [-0.15, -0.1) is 0 Å². The summed E-state index contributed by atoms with van der Waals surface area (Å²) >= 11 is 0. The number of benzene rings is 2. The molecule has 2 atom stereocenters. The summed E-state index contributed by atoms with van der Waals surface area (Å²) in [5.74, 6) is -0.0294. The molecular formula is C25H35N5O. The molecule has 2 fully saturated rings. The van der Waals surface area contributed by atoms with E-state index >= 15 is 0 Å². The summed E-state index contributed by atoms with van der Waals surface area (Å²) in [6.07, 6.45) is 3.55. The van der Waals surface area contributed by atoms with Crippen molar-refractivity contribution in [3.63, 3.8) is 0 Å². The van der Waals surface area contributed by atoms with Gasteiger partial charge in [0.1, 0.15) is 0 Å². The van der Waals surface area contributed by atoms with Gasteiger partial charge in [-0.3, -0.25) is 15.6 Å². The molecule has 2 unspecified atom stereocenters. The SMILES string of the molecule is CC(NC(=O)c1ccc(N2CCC(N(C)CC3CCNN3)CC2)cc1)c1ccccc1. The van der Waals surface area contributed by atoms with Gasteiger partial charge >= 0.3 is 0 Å². The van der Waals surface area contributed by atoms with Crippen LogP contribution in [-0.2, 0) is 0 Å². The number of nitrogens with zero attached hydrogens (tertiary/aromatic N) is 2. The van der Waals surface area contributed by atoms with E-state index in [4.69, 9.17) is 0 Å². The molecule has 31 heavy (non-hydrogen) atoms. The van der Waals surface area contributed by atoms with Crippen LogP contribution in [0.2, 0.25) is 0 Å². The van der Waals surface area contributed by atoms with E-state index in [1.807, 2.05) is 49.4 Å². The van der Waals surface area contributed by atoms with E-state index in [2.05, 4.69) is 45.1 Å². The minimum atomic E-state index is -0.0294. The van der Waals surface area contributed by atoms with Gasteiger partial charge in [-0.25, -0.2) is 0 Å². The van der Waals surface area contributed by atoms with Crippen molar-refractivity contribution < 1.29 is 4.79 Å². The summed E-state index contributed by atoms with van der Waals surface area (Å²) in [6, 6.07) is 19.3. The lowest BCUT2D eigenvalue weighted by molar-refractivity contribution is 0.0940. The van der Waals surface area contributed by atoms with Crippen LogP contribution in [0.5, 0.6) is 0 Å². The number of likely N-dealkylation sites (N-methyl/N-ethyl adjacent to an activating group) is 1. The molecule has 2 aromatic rings. The van der Waals surface area contributed by atoms with Gasteiger partial charge in [0.05, 0.1) is 6.04 Å². The molecule has 0 bridgehead atoms. The van der Waals surface area contributed by atoms with Crippen molar-refractivity contribution in [2.45, 2.75) is 44.3 Å². The van der Waals surface area contributed by atoms with Crippen LogP contribution in [0.4, 0.5) is 5.69 Å². The molecule has 4 rings (SSSR count). The number of nitrogens with one attached hydrogen (secondary N) is 3. The van der Waals surface area contributed by atoms with E-state index in [9.17, 15) is 4.79 Å². The highest BCUT2D eigenvalue weighted by atomic mass is 16.1. The molecule has 2 aromatic carbocycles. The topological polar surface area (TPSA) is 59.6 Å². The Morgan fingerprint density at radius 2 is 1.81 bits per heavy atom. The van der Waals surface area contributed by atoms with Crippen LogP contribution < -0.4 is 21.1 Å². The van der Waals surface area contributed by atoms with Gasteiger partial charge in [-0.05, 0) is 63.1 Å². The first-order chi connectivity index (χ1) is 15.1. The van der Waals surface area contributed by atoms with Crippen LogP contribution in [0.3, 0.4) is 0 Å². The molecule has 0 spiro atoms. The highest BCUT2D eigenvalue weighted by Gasteiger charge is 2.25. The Bertz CT molecular complexity index is 827. The zero-order chi connectivity index (χ0) is 21.6. The molecular weight excluding hydrogens is 386 g/mol. The van der Waals surface area contributed by atoms with Gasteiger partial charge in [0, 0.05) is 49.5 Å². The van der Waals surface area contributed by atoms with Crippen LogP contribution in [-0.4, -0.2) is 56.1 Å². The van der Waals surface area contributed by atoms with Crippen molar-refractivity contribution in [3.05, 3.63) is 65.7 Å². The fourth-order valence-electron chi connectivity index (χ4n) is 4.66. The fraction of sp³-hybridized carbons (Fsp3) is 0.480. The molecule has 1 amide bonds. The number of hydrogen-bond donors (Lipinski definition) is 3. The van der Waals surface area contributed by atoms with Crippen molar-refractivity contribution >= 4 is 11.6 Å². The standard InChI is InChI=1S/C25H35N5O/c1-19(20-6-4-3-5-7-20)27-25(31)21-8-10-24(11-9-21)30-16-13-23(14-17-30)29(2)18-22-12-15-26-28-22/h3-11,19,22-23,26,28H,12-18H2,1-2H3,(H,27,31). The average Bonchev–Trinajstić information content (AvgIpc) is 3.33. The zero-order valence-corrected chi connectivity index (χ0v) is 18.7. The number of hydrogen-bond acceptors (Lipinski definition) is 5. The molecule has 2 aliphatic heterocycles. The Balaban J connectivity index is 1.27. The highest BCUT2D eigenvalue weighted by Crippen LogP contribution is 2.23. The highest BCUT2D eigenvalue weighted by molar-refractivity contribution is 5.94. The maximum atomic E-state index is 12.6. The predicted molar refractivity (Wildman–Crippen MR) is 126 cm³/mol. The third kappa shape index (κ3) is 5.64. The van der Waals surface area contributed by atoms with Crippen LogP contribution in [0, 0.1) is 0 Å². The number of piperidine rings is 1. The lowest BCUT2D eigenvalue weighted by Crippen LogP contribution is -2.47. The largest absolute Gasteiger partial charge is 0.371 e. The monoisotopic (exact) mass is 421 g/mol. The Kier molecular flexibility index (Phi) is 7.22. The summed E-state index contributed by atoms with van der Waals surface area (Å²) in [7, 11) is 2.25. The minimum absolute atomic E-state index is 0.0143. The number of carbonyl (C=O) groups is 1. The summed E-state index contributed by atoms with van der Waals surface area (Å²) in [5.41, 5.74) is 9.61. The molecule has 6 nitrogen and oxygen atoms in total. The second-order valence-electron chi connectivity index (χ2n) is 8.87. The van der Waals surface area contributed by atoms with Crippen molar-refractivity contribution in [2.24, 2.45) is 0 Å². The smallest absolute Gasteiger partial charge is 0.251 e. The molecule has 0 aliphatic carbocycles. The van der Waals surface area contributed by atoms with Crippen molar-refractivity contribution in [1.82, 2.24) is 21.1 Å². The van der Waals surface area contributed by atoms with E-state index in [0.717, 1.165) is 31.7 Å². The minimum Gasteiger partial charge on any atom is -0.371 e. The second-order valence-corrected chi connectivity index (χ2v) is 8.87. The van der Waals surface area contributed by atoms with Gasteiger partial charge in [0.25, 0.3) is 5.91 Å². The maximum absolute atomic E-state index is 12.6. The van der Waals surface area contributed by atoms with Crippen molar-refractivity contribution in [1.29, 1.82) is 0 Å². The summed E-state index contributed by atoms with van der Waals surface area (Å²) in [6.45, 7) is 6.30. The molecule has 0 radical (unpaired) electrons. The number of anilines is 1. The van der Waals surface area contributed by atoms with Gasteiger partial charge in [-0.2, -0.15) is 0 Å². The average molecular weight is 422 g/mol. The quantitative estimate of drug-likeness (QED) is 0.642. The molecule has 3 N–H and O–H groups in total. The molecule has 2 saturated heterocycles. The zero-order valence-electron chi connectivity index (χ0n) is 18.7. The Morgan fingerprint density at radius 3 is 2.45 bits per heavy atom. The Morgan fingerprint density at radius 1 is 1.10 bits per heavy atom. The molecule has 2 heterocycles. The molecule has 0 aromatic heterocycles. The van der Waals surface area contributed by atoms with E-state index in [1.165, 1.54) is 24.9 Å². The molecule has 166 valence electrons. The number of rotatable bonds is 7. The molecule has 2 aliphatic rings. The maximum Gasteiger partial charge on any atom is 0.251 e. The van der Waals surface area contributed by atoms with Crippen molar-refractivity contribution in [3.8, 4) is 0 Å². The summed E-state index contributed by atoms with van der Waals surface area (Å²) < 4.78 is 0. The van der Waals surface area contributed by atoms with Gasteiger partial charge in [-0.1, -0.05) is 30.3 Å². The van der Waals surface area contributed by atoms with Gasteiger partial charge < -0.3 is 15.1 Å². The van der Waals surface area contributed by atoms with E-state index in [-0.39, 0.29) is 11.9 Å². The van der Waals surface area contributed by atoms with E-state index in [0.29, 0.717) is 17.6 Å². The van der Waals surface area contributed by atoms with Gasteiger partial charge in [0.2, 0.25) is 0 Å². The van der Waals surface area contributed by atoms with Crippen LogP contribution in [0.25, 0.3) is 0 Å². The van der Waals surface area contributed by atoms with E-state index < -0.39 is 0 Å². The first kappa shape index (κ1) is 21.8. The normalized spacial score (nSPS) is 20.7. The first-order valence-corrected chi connectivity index (χ1v) is 11.5. The summed E-state index contributed by atoms with van der Waals surface area (Å²) in [5, 5.41) is 3.09. The van der Waals surface area contributed by atoms with Gasteiger partial charge in [0.15, 0.2) is 0 Å². The Labute approximate surface area is 186 Å². The second kappa shape index (κ2) is 10.3. The third-order valence-corrected chi connectivity index (χ3v) is 6.66. The lowest BCUT2D eigenvalue weighted by Gasteiger charge is -2.38. The predicted octanol–water partition coefficient (Wildman–Crippen LogP) is 2.94. The first-order valence-electron chi connectivity index (χ1n) is 11.5. The Hall–Kier alpha value is -2.41. The summed E-state index contributed by atoms with van der Waals surface area (Å²) in [4.78, 5) is 17.6. The fourth-order valence-corrected chi connectivity index (χ4v) is 4.66.